The number of rotatable bonds is 4. The standard InChI is InChI=1S/C14H23ClO/c15-13(12-3-4-12)5-2-11-6-9-16-14(10-11)7-1-8-14/h11-13H,1-10H2. The molecule has 3 fully saturated rings. The summed E-state index contributed by atoms with van der Waals surface area (Å²) in [5.41, 5.74) is 0.324. The molecule has 1 heterocycles. The van der Waals surface area contributed by atoms with Gasteiger partial charge in [0.05, 0.1) is 5.60 Å². The molecule has 2 aliphatic carbocycles. The monoisotopic (exact) mass is 242 g/mol. The summed E-state index contributed by atoms with van der Waals surface area (Å²) < 4.78 is 5.97. The molecule has 0 aromatic carbocycles. The van der Waals surface area contributed by atoms with Crippen LogP contribution < -0.4 is 0 Å². The molecule has 2 unspecified atom stereocenters. The highest BCUT2D eigenvalue weighted by atomic mass is 35.5. The average molecular weight is 243 g/mol. The first kappa shape index (κ1) is 11.3. The summed E-state index contributed by atoms with van der Waals surface area (Å²) in [5, 5.41) is 0.472. The number of ether oxygens (including phenoxy) is 1. The molecule has 16 heavy (non-hydrogen) atoms. The molecule has 2 atom stereocenters. The van der Waals surface area contributed by atoms with Gasteiger partial charge >= 0.3 is 0 Å². The van der Waals surface area contributed by atoms with Crippen molar-refractivity contribution >= 4 is 11.6 Å². The van der Waals surface area contributed by atoms with Gasteiger partial charge in [0.15, 0.2) is 0 Å². The Kier molecular flexibility index (Phi) is 3.19. The van der Waals surface area contributed by atoms with Gasteiger partial charge in [0.1, 0.15) is 0 Å². The van der Waals surface area contributed by atoms with Gasteiger partial charge in [-0.3, -0.25) is 0 Å². The average Bonchev–Trinajstić information content (AvgIpc) is 3.08. The normalized spacial score (nSPS) is 34.7. The van der Waals surface area contributed by atoms with Crippen molar-refractivity contribution in [3.63, 3.8) is 0 Å². The summed E-state index contributed by atoms with van der Waals surface area (Å²) in [6, 6.07) is 0. The maximum absolute atomic E-state index is 6.39. The predicted molar refractivity (Wildman–Crippen MR) is 66.9 cm³/mol. The predicted octanol–water partition coefficient (Wildman–Crippen LogP) is 4.13. The highest BCUT2D eigenvalue weighted by molar-refractivity contribution is 6.20. The fourth-order valence-electron chi connectivity index (χ4n) is 3.38. The van der Waals surface area contributed by atoms with Crippen LogP contribution in [-0.2, 0) is 4.74 Å². The first-order chi connectivity index (χ1) is 7.77. The van der Waals surface area contributed by atoms with Crippen molar-refractivity contribution in [1.82, 2.24) is 0 Å². The smallest absolute Gasteiger partial charge is 0.0685 e. The van der Waals surface area contributed by atoms with Crippen LogP contribution in [0, 0.1) is 11.8 Å². The van der Waals surface area contributed by atoms with Crippen molar-refractivity contribution in [3.05, 3.63) is 0 Å². The summed E-state index contributed by atoms with van der Waals surface area (Å²) in [5.74, 6) is 1.76. The Morgan fingerprint density at radius 1 is 1.25 bits per heavy atom. The third kappa shape index (κ3) is 2.41. The van der Waals surface area contributed by atoms with Crippen LogP contribution in [0.1, 0.15) is 57.8 Å². The zero-order valence-corrected chi connectivity index (χ0v) is 10.8. The molecule has 0 amide bonds. The third-order valence-corrected chi connectivity index (χ3v) is 5.42. The molecule has 1 nitrogen and oxygen atoms in total. The van der Waals surface area contributed by atoms with E-state index >= 15 is 0 Å². The van der Waals surface area contributed by atoms with Crippen LogP contribution in [0.2, 0.25) is 0 Å². The Labute approximate surface area is 104 Å². The Bertz CT molecular complexity index is 245. The Balaban J connectivity index is 1.43. The second-order valence-electron chi connectivity index (χ2n) is 6.17. The molecule has 92 valence electrons. The van der Waals surface area contributed by atoms with Gasteiger partial charge in [-0.05, 0) is 69.6 Å². The topological polar surface area (TPSA) is 9.23 Å². The number of halogens is 1. The third-order valence-electron chi connectivity index (χ3n) is 4.84. The highest BCUT2D eigenvalue weighted by Gasteiger charge is 2.42. The van der Waals surface area contributed by atoms with E-state index in [-0.39, 0.29) is 0 Å². The molecule has 1 saturated heterocycles. The molecule has 2 heteroatoms. The summed E-state index contributed by atoms with van der Waals surface area (Å²) in [6.07, 6.45) is 12.0. The van der Waals surface area contributed by atoms with Gasteiger partial charge in [0.2, 0.25) is 0 Å². The maximum Gasteiger partial charge on any atom is 0.0685 e. The minimum atomic E-state index is 0.324. The molecule has 0 aromatic rings. The van der Waals surface area contributed by atoms with E-state index < -0.39 is 0 Å². The fraction of sp³-hybridized carbons (Fsp3) is 1.00. The number of alkyl halides is 1. The van der Waals surface area contributed by atoms with E-state index in [9.17, 15) is 0 Å². The van der Waals surface area contributed by atoms with Crippen LogP contribution in [0.4, 0.5) is 0 Å². The van der Waals surface area contributed by atoms with E-state index in [1.165, 1.54) is 57.8 Å². The van der Waals surface area contributed by atoms with Crippen molar-refractivity contribution in [3.8, 4) is 0 Å². The zero-order chi connectivity index (χ0) is 11.0. The van der Waals surface area contributed by atoms with Crippen LogP contribution >= 0.6 is 11.6 Å². The quantitative estimate of drug-likeness (QED) is 0.674. The van der Waals surface area contributed by atoms with E-state index in [2.05, 4.69) is 0 Å². The molecular weight excluding hydrogens is 220 g/mol. The molecule has 0 N–H and O–H groups in total. The SMILES string of the molecule is ClC(CCC1CCOC2(CCC2)C1)C1CC1. The Hall–Kier alpha value is 0.250. The van der Waals surface area contributed by atoms with Crippen molar-refractivity contribution in [1.29, 1.82) is 0 Å². The molecule has 1 spiro atoms. The molecule has 2 saturated carbocycles. The summed E-state index contributed by atoms with van der Waals surface area (Å²) in [6.45, 7) is 1.00. The Morgan fingerprint density at radius 2 is 2.06 bits per heavy atom. The molecule has 3 rings (SSSR count). The summed E-state index contributed by atoms with van der Waals surface area (Å²) >= 11 is 6.39. The van der Waals surface area contributed by atoms with Gasteiger partial charge in [-0.1, -0.05) is 0 Å². The van der Waals surface area contributed by atoms with Crippen molar-refractivity contribution < 1.29 is 4.74 Å². The first-order valence-electron chi connectivity index (χ1n) is 7.05. The lowest BCUT2D eigenvalue weighted by molar-refractivity contribution is -0.144. The zero-order valence-electron chi connectivity index (χ0n) is 10.1. The molecule has 1 aliphatic heterocycles. The number of hydrogen-bond acceptors (Lipinski definition) is 1. The molecular formula is C14H23ClO. The highest BCUT2D eigenvalue weighted by Crippen LogP contribution is 2.46. The first-order valence-corrected chi connectivity index (χ1v) is 7.49. The lowest BCUT2D eigenvalue weighted by Gasteiger charge is -2.47. The van der Waals surface area contributed by atoms with Crippen LogP contribution in [0.3, 0.4) is 0 Å². The van der Waals surface area contributed by atoms with Crippen molar-refractivity contribution in [2.24, 2.45) is 11.8 Å². The summed E-state index contributed by atoms with van der Waals surface area (Å²) in [7, 11) is 0. The van der Waals surface area contributed by atoms with Crippen molar-refractivity contribution in [2.75, 3.05) is 6.61 Å². The number of hydrogen-bond donors (Lipinski definition) is 0. The van der Waals surface area contributed by atoms with E-state index in [1.54, 1.807) is 0 Å². The van der Waals surface area contributed by atoms with Gasteiger partial charge < -0.3 is 4.74 Å². The lowest BCUT2D eigenvalue weighted by Crippen LogP contribution is -2.45. The lowest BCUT2D eigenvalue weighted by atomic mass is 9.71. The minimum absolute atomic E-state index is 0.324. The van der Waals surface area contributed by atoms with Gasteiger partial charge in [0, 0.05) is 12.0 Å². The molecule has 0 bridgehead atoms. The van der Waals surface area contributed by atoms with E-state index in [0.717, 1.165) is 18.4 Å². The molecule has 3 aliphatic rings. The van der Waals surface area contributed by atoms with Crippen LogP contribution in [0.5, 0.6) is 0 Å². The van der Waals surface area contributed by atoms with Crippen LogP contribution in [-0.4, -0.2) is 17.6 Å². The minimum Gasteiger partial charge on any atom is -0.375 e. The molecule has 0 aromatic heterocycles. The van der Waals surface area contributed by atoms with Crippen LogP contribution in [0.25, 0.3) is 0 Å². The Morgan fingerprint density at radius 3 is 2.69 bits per heavy atom. The fourth-order valence-corrected chi connectivity index (χ4v) is 3.76. The van der Waals surface area contributed by atoms with Gasteiger partial charge in [-0.15, -0.1) is 11.6 Å². The molecule has 0 radical (unpaired) electrons. The maximum atomic E-state index is 6.39. The largest absolute Gasteiger partial charge is 0.375 e. The van der Waals surface area contributed by atoms with E-state index in [1.807, 2.05) is 0 Å². The van der Waals surface area contributed by atoms with Crippen LogP contribution in [0.15, 0.2) is 0 Å². The second kappa shape index (κ2) is 4.49. The van der Waals surface area contributed by atoms with Gasteiger partial charge in [-0.2, -0.15) is 0 Å². The van der Waals surface area contributed by atoms with Crippen molar-refractivity contribution in [2.45, 2.75) is 68.8 Å². The van der Waals surface area contributed by atoms with Gasteiger partial charge in [0.25, 0.3) is 0 Å². The second-order valence-corrected chi connectivity index (χ2v) is 6.74. The van der Waals surface area contributed by atoms with E-state index in [0.29, 0.717) is 11.0 Å². The van der Waals surface area contributed by atoms with E-state index in [4.69, 9.17) is 16.3 Å². The summed E-state index contributed by atoms with van der Waals surface area (Å²) in [4.78, 5) is 0. The van der Waals surface area contributed by atoms with Gasteiger partial charge in [-0.25, -0.2) is 0 Å².